The SMILES string of the molecule is CC(C)C(CNc1cn[nH]c(=O)c1)C(C)C. The maximum absolute atomic E-state index is 11.0. The average Bonchev–Trinajstić information content (AvgIpc) is 2.16. The summed E-state index contributed by atoms with van der Waals surface area (Å²) in [6.45, 7) is 9.77. The molecule has 0 spiro atoms. The van der Waals surface area contributed by atoms with E-state index in [1.807, 2.05) is 0 Å². The van der Waals surface area contributed by atoms with Gasteiger partial charge in [-0.25, -0.2) is 5.10 Å². The lowest BCUT2D eigenvalue weighted by Crippen LogP contribution is -2.25. The van der Waals surface area contributed by atoms with E-state index in [1.165, 1.54) is 6.07 Å². The number of aromatic amines is 1. The molecule has 0 saturated carbocycles. The van der Waals surface area contributed by atoms with Crippen molar-refractivity contribution in [2.45, 2.75) is 27.7 Å². The lowest BCUT2D eigenvalue weighted by molar-refractivity contribution is 0.304. The van der Waals surface area contributed by atoms with E-state index >= 15 is 0 Å². The fraction of sp³-hybridized carbons (Fsp3) is 0.667. The van der Waals surface area contributed by atoms with Crippen LogP contribution in [0.25, 0.3) is 0 Å². The summed E-state index contributed by atoms with van der Waals surface area (Å²) in [6.07, 6.45) is 1.64. The first-order chi connectivity index (χ1) is 7.50. The maximum atomic E-state index is 11.0. The highest BCUT2D eigenvalue weighted by Crippen LogP contribution is 2.20. The van der Waals surface area contributed by atoms with Gasteiger partial charge in [0, 0.05) is 12.6 Å². The molecule has 0 bridgehead atoms. The number of anilines is 1. The van der Waals surface area contributed by atoms with Crippen LogP contribution in [0.15, 0.2) is 17.1 Å². The molecule has 4 heteroatoms. The number of aromatic nitrogens is 2. The highest BCUT2D eigenvalue weighted by atomic mass is 16.1. The molecule has 0 atom stereocenters. The Bertz CT molecular complexity index is 363. The summed E-state index contributed by atoms with van der Waals surface area (Å²) < 4.78 is 0. The minimum absolute atomic E-state index is 0.171. The lowest BCUT2D eigenvalue weighted by Gasteiger charge is -2.25. The molecule has 1 heterocycles. The Labute approximate surface area is 96.5 Å². The van der Waals surface area contributed by atoms with Crippen LogP contribution in [0.4, 0.5) is 5.69 Å². The van der Waals surface area contributed by atoms with Crippen molar-refractivity contribution < 1.29 is 0 Å². The van der Waals surface area contributed by atoms with E-state index in [2.05, 4.69) is 43.2 Å². The van der Waals surface area contributed by atoms with Crippen LogP contribution in [-0.4, -0.2) is 16.7 Å². The number of hydrogen-bond acceptors (Lipinski definition) is 3. The van der Waals surface area contributed by atoms with E-state index in [-0.39, 0.29) is 5.56 Å². The van der Waals surface area contributed by atoms with Crippen LogP contribution in [-0.2, 0) is 0 Å². The molecule has 0 amide bonds. The Morgan fingerprint density at radius 3 is 2.44 bits per heavy atom. The van der Waals surface area contributed by atoms with Gasteiger partial charge in [-0.2, -0.15) is 5.10 Å². The molecule has 0 unspecified atom stereocenters. The van der Waals surface area contributed by atoms with Crippen LogP contribution in [0.1, 0.15) is 27.7 Å². The number of rotatable bonds is 5. The number of hydrogen-bond donors (Lipinski definition) is 2. The molecule has 16 heavy (non-hydrogen) atoms. The van der Waals surface area contributed by atoms with Crippen LogP contribution >= 0.6 is 0 Å². The molecule has 2 N–H and O–H groups in total. The van der Waals surface area contributed by atoms with E-state index in [1.54, 1.807) is 6.20 Å². The standard InChI is InChI=1S/C12H21N3O/c1-8(2)11(9(3)4)7-13-10-5-12(16)15-14-6-10/h5-6,8-9,11H,7H2,1-4H3,(H2,13,15,16). The van der Waals surface area contributed by atoms with Gasteiger partial charge >= 0.3 is 0 Å². The Morgan fingerprint density at radius 1 is 1.31 bits per heavy atom. The summed E-state index contributed by atoms with van der Waals surface area (Å²) in [6, 6.07) is 1.53. The highest BCUT2D eigenvalue weighted by Gasteiger charge is 2.16. The molecule has 1 rings (SSSR count). The molecule has 0 aliphatic rings. The minimum atomic E-state index is -0.171. The van der Waals surface area contributed by atoms with Gasteiger partial charge in [0.25, 0.3) is 5.56 Å². The lowest BCUT2D eigenvalue weighted by atomic mass is 9.85. The molecule has 0 fully saturated rings. The summed E-state index contributed by atoms with van der Waals surface area (Å²) in [4.78, 5) is 11.0. The van der Waals surface area contributed by atoms with E-state index in [0.717, 1.165) is 12.2 Å². The maximum Gasteiger partial charge on any atom is 0.266 e. The largest absolute Gasteiger partial charge is 0.383 e. The van der Waals surface area contributed by atoms with Crippen molar-refractivity contribution in [2.24, 2.45) is 17.8 Å². The second kappa shape index (κ2) is 5.68. The van der Waals surface area contributed by atoms with E-state index in [9.17, 15) is 4.79 Å². The van der Waals surface area contributed by atoms with Crippen LogP contribution < -0.4 is 10.9 Å². The Kier molecular flexibility index (Phi) is 4.52. The molecular weight excluding hydrogens is 202 g/mol. The van der Waals surface area contributed by atoms with Crippen LogP contribution in [0, 0.1) is 17.8 Å². The molecule has 0 saturated heterocycles. The highest BCUT2D eigenvalue weighted by molar-refractivity contribution is 5.38. The first-order valence-electron chi connectivity index (χ1n) is 5.79. The van der Waals surface area contributed by atoms with Crippen molar-refractivity contribution in [1.29, 1.82) is 0 Å². The third kappa shape index (κ3) is 3.68. The van der Waals surface area contributed by atoms with Gasteiger partial charge in [-0.3, -0.25) is 4.79 Å². The van der Waals surface area contributed by atoms with Crippen molar-refractivity contribution in [1.82, 2.24) is 10.2 Å². The minimum Gasteiger partial charge on any atom is -0.383 e. The number of nitrogens with one attached hydrogen (secondary N) is 2. The topological polar surface area (TPSA) is 57.8 Å². The summed E-state index contributed by atoms with van der Waals surface area (Å²) in [7, 11) is 0. The van der Waals surface area contributed by atoms with Gasteiger partial charge < -0.3 is 5.32 Å². The van der Waals surface area contributed by atoms with E-state index in [0.29, 0.717) is 17.8 Å². The molecule has 1 aromatic heterocycles. The number of nitrogens with zero attached hydrogens (tertiary/aromatic N) is 1. The predicted molar refractivity (Wildman–Crippen MR) is 66.5 cm³/mol. The smallest absolute Gasteiger partial charge is 0.266 e. The van der Waals surface area contributed by atoms with Gasteiger partial charge in [0.1, 0.15) is 0 Å². The van der Waals surface area contributed by atoms with Crippen LogP contribution in [0.2, 0.25) is 0 Å². The van der Waals surface area contributed by atoms with Gasteiger partial charge in [0.2, 0.25) is 0 Å². The van der Waals surface area contributed by atoms with Crippen molar-refractivity contribution in [3.05, 3.63) is 22.6 Å². The van der Waals surface area contributed by atoms with Crippen molar-refractivity contribution in [3.8, 4) is 0 Å². The fourth-order valence-electron chi connectivity index (χ4n) is 1.95. The predicted octanol–water partition coefficient (Wildman–Crippen LogP) is 2.11. The third-order valence-electron chi connectivity index (χ3n) is 2.92. The summed E-state index contributed by atoms with van der Waals surface area (Å²) in [5.74, 6) is 1.85. The molecule has 90 valence electrons. The average molecular weight is 223 g/mol. The molecule has 0 aliphatic heterocycles. The van der Waals surface area contributed by atoms with Crippen molar-refractivity contribution in [3.63, 3.8) is 0 Å². The first kappa shape index (κ1) is 12.7. The monoisotopic (exact) mass is 223 g/mol. The second-order valence-electron chi connectivity index (χ2n) is 4.87. The molecule has 1 aromatic rings. The molecule has 0 radical (unpaired) electrons. The molecule has 0 aromatic carbocycles. The zero-order chi connectivity index (χ0) is 12.1. The Morgan fingerprint density at radius 2 is 1.94 bits per heavy atom. The molecule has 0 aliphatic carbocycles. The van der Waals surface area contributed by atoms with E-state index in [4.69, 9.17) is 0 Å². The summed E-state index contributed by atoms with van der Waals surface area (Å²) in [5, 5.41) is 9.38. The third-order valence-corrected chi connectivity index (χ3v) is 2.92. The zero-order valence-corrected chi connectivity index (χ0v) is 10.4. The van der Waals surface area contributed by atoms with Crippen LogP contribution in [0.5, 0.6) is 0 Å². The van der Waals surface area contributed by atoms with E-state index < -0.39 is 0 Å². The molecular formula is C12H21N3O. The molecule has 4 nitrogen and oxygen atoms in total. The van der Waals surface area contributed by atoms with Crippen molar-refractivity contribution >= 4 is 5.69 Å². The Hall–Kier alpha value is -1.32. The second-order valence-corrected chi connectivity index (χ2v) is 4.87. The summed E-state index contributed by atoms with van der Waals surface area (Å²) in [5.41, 5.74) is 0.616. The van der Waals surface area contributed by atoms with Crippen LogP contribution in [0.3, 0.4) is 0 Å². The summed E-state index contributed by atoms with van der Waals surface area (Å²) >= 11 is 0. The Balaban J connectivity index is 2.59. The van der Waals surface area contributed by atoms with Gasteiger partial charge in [-0.1, -0.05) is 27.7 Å². The first-order valence-corrected chi connectivity index (χ1v) is 5.79. The fourth-order valence-corrected chi connectivity index (χ4v) is 1.95. The van der Waals surface area contributed by atoms with Crippen molar-refractivity contribution in [2.75, 3.05) is 11.9 Å². The number of H-pyrrole nitrogens is 1. The van der Waals surface area contributed by atoms with Gasteiger partial charge in [-0.05, 0) is 17.8 Å². The normalized spacial score (nSPS) is 11.4. The van der Waals surface area contributed by atoms with Gasteiger partial charge in [0.05, 0.1) is 11.9 Å². The zero-order valence-electron chi connectivity index (χ0n) is 10.4. The van der Waals surface area contributed by atoms with Gasteiger partial charge in [0.15, 0.2) is 0 Å². The quantitative estimate of drug-likeness (QED) is 0.803. The van der Waals surface area contributed by atoms with Gasteiger partial charge in [-0.15, -0.1) is 0 Å².